The van der Waals surface area contributed by atoms with Gasteiger partial charge in [0.25, 0.3) is 0 Å². The third-order valence-electron chi connectivity index (χ3n) is 4.31. The summed E-state index contributed by atoms with van der Waals surface area (Å²) >= 11 is 0. The lowest BCUT2D eigenvalue weighted by atomic mass is 9.95. The summed E-state index contributed by atoms with van der Waals surface area (Å²) in [6.45, 7) is 1.71. The molecule has 0 aromatic rings. The molecular formula is C12H23N3O. The van der Waals surface area contributed by atoms with Crippen molar-refractivity contribution < 1.29 is 4.79 Å². The highest BCUT2D eigenvalue weighted by Crippen LogP contribution is 2.35. The van der Waals surface area contributed by atoms with Crippen molar-refractivity contribution in [3.8, 4) is 0 Å². The summed E-state index contributed by atoms with van der Waals surface area (Å²) in [5.41, 5.74) is 5.97. The highest BCUT2D eigenvalue weighted by atomic mass is 16.2. The molecule has 0 radical (unpaired) electrons. The van der Waals surface area contributed by atoms with Crippen LogP contribution in [0, 0.1) is 0 Å². The summed E-state index contributed by atoms with van der Waals surface area (Å²) in [6.07, 6.45) is 5.80. The van der Waals surface area contributed by atoms with E-state index >= 15 is 0 Å². The summed E-state index contributed by atoms with van der Waals surface area (Å²) in [7, 11) is 4.26. The topological polar surface area (TPSA) is 49.6 Å². The Labute approximate surface area is 97.8 Å². The third-order valence-corrected chi connectivity index (χ3v) is 4.31. The monoisotopic (exact) mass is 225 g/mol. The molecule has 2 fully saturated rings. The van der Waals surface area contributed by atoms with E-state index in [9.17, 15) is 4.79 Å². The lowest BCUT2D eigenvalue weighted by Gasteiger charge is -2.39. The van der Waals surface area contributed by atoms with Crippen LogP contribution in [0.25, 0.3) is 0 Å². The van der Waals surface area contributed by atoms with E-state index in [1.165, 1.54) is 25.7 Å². The van der Waals surface area contributed by atoms with Gasteiger partial charge in [-0.15, -0.1) is 0 Å². The highest BCUT2D eigenvalue weighted by molar-refractivity contribution is 5.83. The summed E-state index contributed by atoms with van der Waals surface area (Å²) in [4.78, 5) is 16.1. The maximum Gasteiger partial charge on any atom is 0.239 e. The smallest absolute Gasteiger partial charge is 0.239 e. The number of likely N-dealkylation sites (N-methyl/N-ethyl adjacent to an activating group) is 1. The lowest BCUT2D eigenvalue weighted by molar-refractivity contribution is -0.130. The van der Waals surface area contributed by atoms with Crippen LogP contribution in [0.15, 0.2) is 0 Å². The molecule has 0 spiro atoms. The van der Waals surface area contributed by atoms with Crippen molar-refractivity contribution >= 4 is 5.91 Å². The highest BCUT2D eigenvalue weighted by Gasteiger charge is 2.40. The number of amides is 1. The van der Waals surface area contributed by atoms with Gasteiger partial charge >= 0.3 is 0 Å². The summed E-state index contributed by atoms with van der Waals surface area (Å²) < 4.78 is 0. The van der Waals surface area contributed by atoms with E-state index in [0.717, 1.165) is 19.5 Å². The molecule has 1 heterocycles. The molecule has 4 nitrogen and oxygen atoms in total. The summed E-state index contributed by atoms with van der Waals surface area (Å²) in [5, 5.41) is 0. The SMILES string of the molecule is CN(C)C1(CN2CCC(N)C2=O)CCCC1. The van der Waals surface area contributed by atoms with E-state index in [4.69, 9.17) is 5.73 Å². The number of likely N-dealkylation sites (tertiary alicyclic amines) is 1. The number of rotatable bonds is 3. The molecule has 2 aliphatic rings. The van der Waals surface area contributed by atoms with Gasteiger partial charge in [0.2, 0.25) is 5.91 Å². The van der Waals surface area contributed by atoms with Crippen LogP contribution in [0.1, 0.15) is 32.1 Å². The molecule has 2 rings (SSSR count). The quantitative estimate of drug-likeness (QED) is 0.757. The molecule has 1 atom stereocenters. The van der Waals surface area contributed by atoms with Crippen LogP contribution < -0.4 is 5.73 Å². The Kier molecular flexibility index (Phi) is 3.22. The molecule has 0 bridgehead atoms. The molecule has 1 aliphatic carbocycles. The minimum absolute atomic E-state index is 0.146. The molecule has 1 aliphatic heterocycles. The van der Waals surface area contributed by atoms with Gasteiger partial charge in [-0.05, 0) is 33.4 Å². The molecule has 92 valence electrons. The van der Waals surface area contributed by atoms with Gasteiger partial charge in [0.15, 0.2) is 0 Å². The molecule has 16 heavy (non-hydrogen) atoms. The zero-order valence-electron chi connectivity index (χ0n) is 10.4. The molecule has 1 unspecified atom stereocenters. The molecule has 4 heteroatoms. The lowest BCUT2D eigenvalue weighted by Crippen LogP contribution is -2.52. The predicted octanol–water partition coefficient (Wildman–Crippen LogP) is 0.420. The maximum atomic E-state index is 11.8. The Bertz CT molecular complexity index is 271. The van der Waals surface area contributed by atoms with E-state index in [-0.39, 0.29) is 17.5 Å². The van der Waals surface area contributed by atoms with Crippen molar-refractivity contribution in [2.24, 2.45) is 5.73 Å². The molecule has 0 aromatic heterocycles. The Hall–Kier alpha value is -0.610. The van der Waals surface area contributed by atoms with Crippen molar-refractivity contribution in [3.05, 3.63) is 0 Å². The van der Waals surface area contributed by atoms with Gasteiger partial charge < -0.3 is 15.5 Å². The number of hydrogen-bond donors (Lipinski definition) is 1. The first-order valence-corrected chi connectivity index (χ1v) is 6.27. The van der Waals surface area contributed by atoms with E-state index in [2.05, 4.69) is 19.0 Å². The van der Waals surface area contributed by atoms with Gasteiger partial charge in [0.05, 0.1) is 6.04 Å². The first-order valence-electron chi connectivity index (χ1n) is 6.27. The van der Waals surface area contributed by atoms with Crippen molar-refractivity contribution in [3.63, 3.8) is 0 Å². The first kappa shape index (κ1) is 11.9. The van der Waals surface area contributed by atoms with Crippen molar-refractivity contribution in [2.45, 2.75) is 43.7 Å². The first-order chi connectivity index (χ1) is 7.55. The molecule has 2 N–H and O–H groups in total. The Morgan fingerprint density at radius 3 is 2.50 bits per heavy atom. The van der Waals surface area contributed by atoms with E-state index < -0.39 is 0 Å². The van der Waals surface area contributed by atoms with Crippen LogP contribution >= 0.6 is 0 Å². The largest absolute Gasteiger partial charge is 0.339 e. The van der Waals surface area contributed by atoms with Crippen LogP contribution in [0.5, 0.6) is 0 Å². The van der Waals surface area contributed by atoms with Crippen LogP contribution in [0.4, 0.5) is 0 Å². The van der Waals surface area contributed by atoms with Crippen LogP contribution in [-0.4, -0.2) is 54.5 Å². The van der Waals surface area contributed by atoms with Gasteiger partial charge in [-0.3, -0.25) is 4.79 Å². The fourth-order valence-electron chi connectivity index (χ4n) is 3.06. The van der Waals surface area contributed by atoms with E-state index in [1.807, 2.05) is 4.90 Å². The predicted molar refractivity (Wildman–Crippen MR) is 64.1 cm³/mol. The molecule has 1 saturated carbocycles. The van der Waals surface area contributed by atoms with Gasteiger partial charge in [0, 0.05) is 18.6 Å². The number of nitrogens with two attached hydrogens (primary N) is 1. The second kappa shape index (κ2) is 4.34. The van der Waals surface area contributed by atoms with Crippen molar-refractivity contribution in [2.75, 3.05) is 27.2 Å². The maximum absolute atomic E-state index is 11.8. The second-order valence-corrected chi connectivity index (χ2v) is 5.48. The van der Waals surface area contributed by atoms with Crippen molar-refractivity contribution in [1.29, 1.82) is 0 Å². The van der Waals surface area contributed by atoms with Crippen LogP contribution in [0.2, 0.25) is 0 Å². The average molecular weight is 225 g/mol. The fraction of sp³-hybridized carbons (Fsp3) is 0.917. The number of hydrogen-bond acceptors (Lipinski definition) is 3. The number of nitrogens with zero attached hydrogens (tertiary/aromatic N) is 2. The van der Waals surface area contributed by atoms with E-state index in [1.54, 1.807) is 0 Å². The standard InChI is InChI=1S/C12H23N3O/c1-14(2)12(6-3-4-7-12)9-15-8-5-10(13)11(15)16/h10H,3-9,13H2,1-2H3. The zero-order chi connectivity index (χ0) is 11.8. The molecule has 0 aromatic carbocycles. The van der Waals surface area contributed by atoms with Crippen LogP contribution in [-0.2, 0) is 4.79 Å². The fourth-order valence-corrected chi connectivity index (χ4v) is 3.06. The normalized spacial score (nSPS) is 29.4. The average Bonchev–Trinajstić information content (AvgIpc) is 2.82. The van der Waals surface area contributed by atoms with Gasteiger partial charge in [-0.1, -0.05) is 12.8 Å². The number of carbonyl (C=O) groups excluding carboxylic acids is 1. The van der Waals surface area contributed by atoms with Crippen molar-refractivity contribution in [1.82, 2.24) is 9.80 Å². The van der Waals surface area contributed by atoms with Gasteiger partial charge in [-0.2, -0.15) is 0 Å². The minimum Gasteiger partial charge on any atom is -0.339 e. The van der Waals surface area contributed by atoms with Gasteiger partial charge in [-0.25, -0.2) is 0 Å². The minimum atomic E-state index is -0.249. The Morgan fingerprint density at radius 2 is 2.06 bits per heavy atom. The molecule has 1 amide bonds. The Morgan fingerprint density at radius 1 is 1.44 bits per heavy atom. The van der Waals surface area contributed by atoms with Gasteiger partial charge in [0.1, 0.15) is 0 Å². The second-order valence-electron chi connectivity index (χ2n) is 5.48. The third kappa shape index (κ3) is 1.96. The molecular weight excluding hydrogens is 202 g/mol. The summed E-state index contributed by atoms with van der Waals surface area (Å²) in [6, 6.07) is -0.249. The summed E-state index contributed by atoms with van der Waals surface area (Å²) in [5.74, 6) is 0.146. The molecule has 1 saturated heterocycles. The number of carbonyl (C=O) groups is 1. The van der Waals surface area contributed by atoms with Crippen LogP contribution in [0.3, 0.4) is 0 Å². The van der Waals surface area contributed by atoms with E-state index in [0.29, 0.717) is 0 Å². The zero-order valence-corrected chi connectivity index (χ0v) is 10.4. The Balaban J connectivity index is 2.04.